The Morgan fingerprint density at radius 2 is 1.90 bits per heavy atom. The summed E-state index contributed by atoms with van der Waals surface area (Å²) in [5.74, 6) is 0.500. The van der Waals surface area contributed by atoms with Gasteiger partial charge in [-0.1, -0.05) is 20.3 Å². The molecule has 2 saturated heterocycles. The number of fused-ring (bicyclic) bond motifs is 2. The molecule has 2 atom stereocenters. The zero-order valence-electron chi connectivity index (χ0n) is 14.0. The summed E-state index contributed by atoms with van der Waals surface area (Å²) < 4.78 is 1.95. The number of hydrogen-bond acceptors (Lipinski definition) is 3. The van der Waals surface area contributed by atoms with Crippen molar-refractivity contribution in [1.82, 2.24) is 20.0 Å². The fourth-order valence-corrected chi connectivity index (χ4v) is 4.21. The lowest BCUT2D eigenvalue weighted by atomic mass is 9.82. The zero-order valence-corrected chi connectivity index (χ0v) is 14.0. The van der Waals surface area contributed by atoms with Crippen LogP contribution < -0.4 is 5.32 Å². The van der Waals surface area contributed by atoms with E-state index >= 15 is 0 Å². The molecule has 3 rings (SSSR count). The highest BCUT2D eigenvalue weighted by atomic mass is 15.3. The summed E-state index contributed by atoms with van der Waals surface area (Å²) in [6, 6.07) is 2.28. The van der Waals surface area contributed by atoms with Crippen molar-refractivity contribution < 1.29 is 0 Å². The van der Waals surface area contributed by atoms with Crippen LogP contribution in [0.4, 0.5) is 0 Å². The molecule has 4 nitrogen and oxygen atoms in total. The molecule has 2 aliphatic rings. The van der Waals surface area contributed by atoms with E-state index in [-0.39, 0.29) is 0 Å². The van der Waals surface area contributed by atoms with Gasteiger partial charge in [-0.15, -0.1) is 0 Å². The molecule has 2 bridgehead atoms. The maximum Gasteiger partial charge on any atom is 0.0694 e. The molecule has 2 aliphatic heterocycles. The summed E-state index contributed by atoms with van der Waals surface area (Å²) in [4.78, 5) is 2.63. The molecule has 2 unspecified atom stereocenters. The minimum Gasteiger partial charge on any atom is -0.310 e. The first-order chi connectivity index (χ1) is 10.0. The Balaban J connectivity index is 1.61. The SMILES string of the molecule is CC(C)c1nn(C)cc1CNC1CC2CCCC(C1)N2C. The average Bonchev–Trinajstić information content (AvgIpc) is 2.78. The molecule has 2 fully saturated rings. The van der Waals surface area contributed by atoms with Crippen molar-refractivity contribution in [1.29, 1.82) is 0 Å². The lowest BCUT2D eigenvalue weighted by Gasteiger charge is -2.47. The van der Waals surface area contributed by atoms with Gasteiger partial charge in [0.2, 0.25) is 0 Å². The van der Waals surface area contributed by atoms with Crippen molar-refractivity contribution in [2.75, 3.05) is 7.05 Å². The second kappa shape index (κ2) is 6.09. The largest absolute Gasteiger partial charge is 0.310 e. The van der Waals surface area contributed by atoms with Gasteiger partial charge in [-0.3, -0.25) is 4.68 Å². The van der Waals surface area contributed by atoms with Crippen molar-refractivity contribution in [2.45, 2.75) is 76.5 Å². The Kier molecular flexibility index (Phi) is 4.36. The number of piperidine rings is 2. The first-order valence-electron chi connectivity index (χ1n) is 8.52. The Morgan fingerprint density at radius 1 is 1.24 bits per heavy atom. The van der Waals surface area contributed by atoms with Crippen LogP contribution in [0.15, 0.2) is 6.20 Å². The normalized spacial score (nSPS) is 30.0. The third-order valence-electron chi connectivity index (χ3n) is 5.41. The third-order valence-corrected chi connectivity index (χ3v) is 5.41. The third kappa shape index (κ3) is 3.16. The van der Waals surface area contributed by atoms with Crippen LogP contribution in [0.5, 0.6) is 0 Å². The van der Waals surface area contributed by atoms with Crippen molar-refractivity contribution in [3.8, 4) is 0 Å². The van der Waals surface area contributed by atoms with E-state index in [0.717, 1.165) is 18.6 Å². The van der Waals surface area contributed by atoms with Gasteiger partial charge in [-0.25, -0.2) is 0 Å². The van der Waals surface area contributed by atoms with E-state index in [9.17, 15) is 0 Å². The van der Waals surface area contributed by atoms with E-state index in [0.29, 0.717) is 12.0 Å². The van der Waals surface area contributed by atoms with Crippen molar-refractivity contribution in [3.63, 3.8) is 0 Å². The van der Waals surface area contributed by atoms with Gasteiger partial charge in [0.25, 0.3) is 0 Å². The van der Waals surface area contributed by atoms with Gasteiger partial charge in [0.1, 0.15) is 0 Å². The zero-order chi connectivity index (χ0) is 15.0. The quantitative estimate of drug-likeness (QED) is 0.925. The molecular weight excluding hydrogens is 260 g/mol. The highest BCUT2D eigenvalue weighted by Crippen LogP contribution is 2.32. The number of aromatic nitrogens is 2. The number of aryl methyl sites for hydroxylation is 1. The van der Waals surface area contributed by atoms with Gasteiger partial charge >= 0.3 is 0 Å². The minimum atomic E-state index is 0.500. The van der Waals surface area contributed by atoms with E-state index in [1.165, 1.54) is 43.4 Å². The van der Waals surface area contributed by atoms with Crippen molar-refractivity contribution >= 4 is 0 Å². The number of hydrogen-bond donors (Lipinski definition) is 1. The fraction of sp³-hybridized carbons (Fsp3) is 0.824. The standard InChI is InChI=1S/C17H30N4/c1-12(2)17-13(11-20(3)19-17)10-18-14-8-15-6-5-7-16(9-14)21(15)4/h11-12,14-16,18H,5-10H2,1-4H3. The maximum atomic E-state index is 4.61. The van der Waals surface area contributed by atoms with Gasteiger partial charge in [0, 0.05) is 43.5 Å². The number of rotatable bonds is 4. The van der Waals surface area contributed by atoms with Crippen molar-refractivity contribution in [2.24, 2.45) is 7.05 Å². The van der Waals surface area contributed by atoms with Gasteiger partial charge in [-0.2, -0.15) is 5.10 Å². The molecule has 3 heterocycles. The van der Waals surface area contributed by atoms with Crippen LogP contribution in [-0.2, 0) is 13.6 Å². The van der Waals surface area contributed by atoms with Gasteiger partial charge in [-0.05, 0) is 38.6 Å². The van der Waals surface area contributed by atoms with E-state index in [1.54, 1.807) is 0 Å². The molecule has 0 aliphatic carbocycles. The second-order valence-electron chi connectivity index (χ2n) is 7.32. The van der Waals surface area contributed by atoms with E-state index in [4.69, 9.17) is 0 Å². The van der Waals surface area contributed by atoms with Gasteiger partial charge in [0.05, 0.1) is 5.69 Å². The highest BCUT2D eigenvalue weighted by Gasteiger charge is 2.35. The molecular formula is C17H30N4. The van der Waals surface area contributed by atoms with Crippen molar-refractivity contribution in [3.05, 3.63) is 17.5 Å². The van der Waals surface area contributed by atoms with Crippen LogP contribution in [0.3, 0.4) is 0 Å². The molecule has 21 heavy (non-hydrogen) atoms. The number of nitrogens with zero attached hydrogens (tertiary/aromatic N) is 3. The minimum absolute atomic E-state index is 0.500. The summed E-state index contributed by atoms with van der Waals surface area (Å²) in [5, 5.41) is 8.43. The maximum absolute atomic E-state index is 4.61. The lowest BCUT2D eigenvalue weighted by molar-refractivity contribution is 0.0482. The van der Waals surface area contributed by atoms with Crippen LogP contribution in [0.25, 0.3) is 0 Å². The van der Waals surface area contributed by atoms with Crippen LogP contribution >= 0.6 is 0 Å². The lowest BCUT2D eigenvalue weighted by Crippen LogP contribution is -2.54. The first kappa shape index (κ1) is 15.0. The smallest absolute Gasteiger partial charge is 0.0694 e. The molecule has 1 aromatic rings. The van der Waals surface area contributed by atoms with Crippen LogP contribution in [0.1, 0.15) is 63.1 Å². The monoisotopic (exact) mass is 290 g/mol. The molecule has 1 aromatic heterocycles. The topological polar surface area (TPSA) is 33.1 Å². The number of nitrogens with one attached hydrogen (secondary N) is 1. The second-order valence-corrected chi connectivity index (χ2v) is 7.32. The molecule has 0 radical (unpaired) electrons. The van der Waals surface area contributed by atoms with E-state index in [2.05, 4.69) is 42.4 Å². The average molecular weight is 290 g/mol. The molecule has 0 amide bonds. The summed E-state index contributed by atoms with van der Waals surface area (Å²) in [6.07, 6.45) is 8.99. The summed E-state index contributed by atoms with van der Waals surface area (Å²) in [6.45, 7) is 5.42. The molecule has 1 N–H and O–H groups in total. The van der Waals surface area contributed by atoms with Crippen LogP contribution in [-0.4, -0.2) is 39.9 Å². The molecule has 0 saturated carbocycles. The summed E-state index contributed by atoms with van der Waals surface area (Å²) in [7, 11) is 4.35. The Hall–Kier alpha value is -0.870. The van der Waals surface area contributed by atoms with Gasteiger partial charge in [0.15, 0.2) is 0 Å². The van der Waals surface area contributed by atoms with Crippen LogP contribution in [0, 0.1) is 0 Å². The molecule has 4 heteroatoms. The molecule has 118 valence electrons. The molecule has 0 spiro atoms. The Labute approximate surface area is 128 Å². The Bertz CT molecular complexity index is 465. The molecule has 0 aromatic carbocycles. The fourth-order valence-electron chi connectivity index (χ4n) is 4.21. The summed E-state index contributed by atoms with van der Waals surface area (Å²) >= 11 is 0. The predicted molar refractivity (Wildman–Crippen MR) is 86.3 cm³/mol. The first-order valence-corrected chi connectivity index (χ1v) is 8.52. The Morgan fingerprint density at radius 3 is 2.52 bits per heavy atom. The van der Waals surface area contributed by atoms with Crippen LogP contribution in [0.2, 0.25) is 0 Å². The highest BCUT2D eigenvalue weighted by molar-refractivity contribution is 5.20. The van der Waals surface area contributed by atoms with Gasteiger partial charge < -0.3 is 10.2 Å². The van der Waals surface area contributed by atoms with E-state index in [1.807, 2.05) is 11.7 Å². The van der Waals surface area contributed by atoms with E-state index < -0.39 is 0 Å². The predicted octanol–water partition coefficient (Wildman–Crippen LogP) is 2.65. The summed E-state index contributed by atoms with van der Waals surface area (Å²) in [5.41, 5.74) is 2.62.